The Balaban J connectivity index is 1.82. The molecule has 4 rings (SSSR count). The van der Waals surface area contributed by atoms with E-state index < -0.39 is 5.97 Å². The van der Waals surface area contributed by atoms with Gasteiger partial charge in [0.2, 0.25) is 0 Å². The maximum Gasteiger partial charge on any atom is 0.307 e. The van der Waals surface area contributed by atoms with Crippen LogP contribution in [-0.4, -0.2) is 35.3 Å². The van der Waals surface area contributed by atoms with Crippen LogP contribution in [0.5, 0.6) is 0 Å². The quantitative estimate of drug-likeness (QED) is 0.587. The average Bonchev–Trinajstić information content (AvgIpc) is 2.75. The summed E-state index contributed by atoms with van der Waals surface area (Å²) in [7, 11) is 0. The summed E-state index contributed by atoms with van der Waals surface area (Å²) in [5.41, 5.74) is 2.47. The van der Waals surface area contributed by atoms with E-state index in [1.54, 1.807) is 11.8 Å². The SMILES string of the molecule is CSc1ccc(C(c2cccc3ccccc23)N2CCCC(C(=O)O)C2)cc1. The Labute approximate surface area is 170 Å². The average molecular weight is 392 g/mol. The fourth-order valence-corrected chi connectivity index (χ4v) is 4.71. The fourth-order valence-electron chi connectivity index (χ4n) is 4.30. The van der Waals surface area contributed by atoms with E-state index in [-0.39, 0.29) is 12.0 Å². The molecule has 144 valence electrons. The smallest absolute Gasteiger partial charge is 0.307 e. The molecule has 2 unspecified atom stereocenters. The van der Waals surface area contributed by atoms with Crippen LogP contribution >= 0.6 is 11.8 Å². The lowest BCUT2D eigenvalue weighted by Crippen LogP contribution is -2.41. The molecule has 1 saturated heterocycles. The second-order valence-corrected chi connectivity index (χ2v) is 8.30. The van der Waals surface area contributed by atoms with Crippen LogP contribution in [0.15, 0.2) is 71.6 Å². The van der Waals surface area contributed by atoms with Crippen molar-refractivity contribution in [2.45, 2.75) is 23.8 Å². The molecule has 4 heteroatoms. The van der Waals surface area contributed by atoms with Gasteiger partial charge in [0, 0.05) is 11.4 Å². The second-order valence-electron chi connectivity index (χ2n) is 7.42. The van der Waals surface area contributed by atoms with Crippen LogP contribution in [0.2, 0.25) is 0 Å². The number of fused-ring (bicyclic) bond motifs is 1. The molecule has 0 saturated carbocycles. The number of likely N-dealkylation sites (tertiary alicyclic amines) is 1. The number of piperidine rings is 1. The molecule has 0 spiro atoms. The lowest BCUT2D eigenvalue weighted by Gasteiger charge is -2.38. The van der Waals surface area contributed by atoms with E-state index in [4.69, 9.17) is 0 Å². The first kappa shape index (κ1) is 19.0. The van der Waals surface area contributed by atoms with Gasteiger partial charge in [-0.25, -0.2) is 0 Å². The molecule has 28 heavy (non-hydrogen) atoms. The van der Waals surface area contributed by atoms with Crippen LogP contribution < -0.4 is 0 Å². The summed E-state index contributed by atoms with van der Waals surface area (Å²) in [6.45, 7) is 1.51. The highest BCUT2D eigenvalue weighted by Gasteiger charge is 2.31. The van der Waals surface area contributed by atoms with E-state index in [2.05, 4.69) is 77.9 Å². The molecule has 1 fully saturated rings. The van der Waals surface area contributed by atoms with Crippen molar-refractivity contribution in [3.05, 3.63) is 77.9 Å². The van der Waals surface area contributed by atoms with Crippen molar-refractivity contribution in [2.24, 2.45) is 5.92 Å². The molecule has 1 N–H and O–H groups in total. The summed E-state index contributed by atoms with van der Waals surface area (Å²) in [5.74, 6) is -0.976. The number of carbonyl (C=O) groups is 1. The first-order chi connectivity index (χ1) is 13.7. The van der Waals surface area contributed by atoms with Crippen LogP contribution in [0.3, 0.4) is 0 Å². The summed E-state index contributed by atoms with van der Waals surface area (Å²) < 4.78 is 0. The number of rotatable bonds is 5. The van der Waals surface area contributed by atoms with Gasteiger partial charge in [0.15, 0.2) is 0 Å². The molecule has 0 bridgehead atoms. The van der Waals surface area contributed by atoms with Crippen molar-refractivity contribution < 1.29 is 9.90 Å². The second kappa shape index (κ2) is 8.38. The van der Waals surface area contributed by atoms with E-state index >= 15 is 0 Å². The molecule has 3 aromatic carbocycles. The monoisotopic (exact) mass is 391 g/mol. The van der Waals surface area contributed by atoms with E-state index in [0.717, 1.165) is 19.4 Å². The van der Waals surface area contributed by atoms with Crippen molar-refractivity contribution in [3.8, 4) is 0 Å². The Hall–Kier alpha value is -2.30. The maximum atomic E-state index is 11.7. The number of hydrogen-bond donors (Lipinski definition) is 1. The van der Waals surface area contributed by atoms with Gasteiger partial charge in [-0.05, 0) is 59.7 Å². The third-order valence-electron chi connectivity index (χ3n) is 5.72. The summed E-state index contributed by atoms with van der Waals surface area (Å²) in [6, 6.07) is 23.7. The van der Waals surface area contributed by atoms with E-state index in [1.165, 1.54) is 26.8 Å². The Morgan fingerprint density at radius 1 is 1.07 bits per heavy atom. The molecule has 0 aliphatic carbocycles. The van der Waals surface area contributed by atoms with Gasteiger partial charge in [0.05, 0.1) is 12.0 Å². The van der Waals surface area contributed by atoms with E-state index in [9.17, 15) is 9.90 Å². The number of carboxylic acids is 1. The van der Waals surface area contributed by atoms with Gasteiger partial charge in [0.25, 0.3) is 0 Å². The molecule has 0 aromatic heterocycles. The van der Waals surface area contributed by atoms with Gasteiger partial charge < -0.3 is 5.11 Å². The molecule has 0 amide bonds. The Kier molecular flexibility index (Phi) is 5.69. The molecule has 2 atom stereocenters. The van der Waals surface area contributed by atoms with Crippen molar-refractivity contribution in [1.29, 1.82) is 0 Å². The van der Waals surface area contributed by atoms with Gasteiger partial charge >= 0.3 is 5.97 Å². The lowest BCUT2D eigenvalue weighted by molar-refractivity contribution is -0.143. The van der Waals surface area contributed by atoms with Crippen molar-refractivity contribution >= 4 is 28.5 Å². The van der Waals surface area contributed by atoms with Crippen molar-refractivity contribution in [3.63, 3.8) is 0 Å². The topological polar surface area (TPSA) is 40.5 Å². The van der Waals surface area contributed by atoms with Crippen molar-refractivity contribution in [2.75, 3.05) is 19.3 Å². The van der Waals surface area contributed by atoms with Crippen LogP contribution in [-0.2, 0) is 4.79 Å². The normalized spacial score (nSPS) is 18.8. The van der Waals surface area contributed by atoms with E-state index in [0.29, 0.717) is 6.54 Å². The first-order valence-corrected chi connectivity index (χ1v) is 11.0. The standard InChI is InChI=1S/C24H25NO2S/c1-28-20-13-11-18(12-14-20)23(25-15-5-8-19(16-25)24(26)27)22-10-4-7-17-6-2-3-9-21(17)22/h2-4,6-7,9-14,19,23H,5,8,15-16H2,1H3,(H,26,27). The summed E-state index contributed by atoms with van der Waals surface area (Å²) >= 11 is 1.74. The van der Waals surface area contributed by atoms with Gasteiger partial charge in [0.1, 0.15) is 0 Å². The Morgan fingerprint density at radius 2 is 1.82 bits per heavy atom. The molecular weight excluding hydrogens is 366 g/mol. The minimum absolute atomic E-state index is 0.0594. The highest BCUT2D eigenvalue weighted by Crippen LogP contribution is 2.36. The zero-order valence-electron chi connectivity index (χ0n) is 16.0. The summed E-state index contributed by atoms with van der Waals surface area (Å²) in [5, 5.41) is 12.0. The van der Waals surface area contributed by atoms with Gasteiger partial charge in [-0.3, -0.25) is 9.69 Å². The van der Waals surface area contributed by atoms with Crippen molar-refractivity contribution in [1.82, 2.24) is 4.90 Å². The zero-order chi connectivity index (χ0) is 19.5. The lowest BCUT2D eigenvalue weighted by atomic mass is 9.89. The fraction of sp³-hybridized carbons (Fsp3) is 0.292. The van der Waals surface area contributed by atoms with Crippen LogP contribution in [0, 0.1) is 5.92 Å². The van der Waals surface area contributed by atoms with Crippen LogP contribution in [0.4, 0.5) is 0 Å². The van der Waals surface area contributed by atoms with E-state index in [1.807, 2.05) is 0 Å². The Bertz CT molecular complexity index is 965. The zero-order valence-corrected chi connectivity index (χ0v) is 16.9. The minimum Gasteiger partial charge on any atom is -0.481 e. The third-order valence-corrected chi connectivity index (χ3v) is 6.46. The maximum absolute atomic E-state index is 11.7. The number of thioether (sulfide) groups is 1. The molecule has 1 aliphatic heterocycles. The number of nitrogens with zero attached hydrogens (tertiary/aromatic N) is 1. The summed E-state index contributed by atoms with van der Waals surface area (Å²) in [4.78, 5) is 15.3. The first-order valence-electron chi connectivity index (χ1n) is 9.76. The predicted octanol–water partition coefficient (Wildman–Crippen LogP) is 5.45. The van der Waals surface area contributed by atoms with Crippen LogP contribution in [0.25, 0.3) is 10.8 Å². The molecule has 3 nitrogen and oxygen atoms in total. The highest BCUT2D eigenvalue weighted by atomic mass is 32.2. The largest absolute Gasteiger partial charge is 0.481 e. The van der Waals surface area contributed by atoms with Gasteiger partial charge in [-0.2, -0.15) is 0 Å². The molecule has 1 heterocycles. The minimum atomic E-state index is -0.681. The summed E-state index contributed by atoms with van der Waals surface area (Å²) in [6.07, 6.45) is 3.76. The molecule has 0 radical (unpaired) electrons. The van der Waals surface area contributed by atoms with Gasteiger partial charge in [-0.1, -0.05) is 54.6 Å². The number of benzene rings is 3. The highest BCUT2D eigenvalue weighted by molar-refractivity contribution is 7.98. The number of carboxylic acid groups (broad SMARTS) is 1. The Morgan fingerprint density at radius 3 is 2.57 bits per heavy atom. The number of aliphatic carboxylic acids is 1. The number of hydrogen-bond acceptors (Lipinski definition) is 3. The predicted molar refractivity (Wildman–Crippen MR) is 116 cm³/mol. The third kappa shape index (κ3) is 3.80. The molecule has 3 aromatic rings. The molecular formula is C24H25NO2S. The van der Waals surface area contributed by atoms with Crippen LogP contribution in [0.1, 0.15) is 30.0 Å². The molecule has 1 aliphatic rings. The van der Waals surface area contributed by atoms with Gasteiger partial charge in [-0.15, -0.1) is 11.8 Å².